The summed E-state index contributed by atoms with van der Waals surface area (Å²) in [4.78, 5) is 0. The summed E-state index contributed by atoms with van der Waals surface area (Å²) in [7, 11) is -22.5. The van der Waals surface area contributed by atoms with E-state index in [4.69, 9.17) is 0 Å². The van der Waals surface area contributed by atoms with Gasteiger partial charge in [0.05, 0.1) is 0 Å². The molecule has 0 spiro atoms. The molecule has 0 heterocycles. The standard InChI is InChI=1S/C19H24F9NO7S3/c1-9(2)12-7-13(10(3)4)15(14(8-12)11(5)6)36-39(34,35)18(24,25)16(20,21)17(22,23)37(30,31)29-38(32,33)19(26,27)28/h7-11,29H,1-6H3. The molecule has 0 aromatic heterocycles. The molecule has 0 aliphatic rings. The summed E-state index contributed by atoms with van der Waals surface area (Å²) >= 11 is 0. The van der Waals surface area contributed by atoms with Crippen molar-refractivity contribution in [1.82, 2.24) is 4.13 Å². The van der Waals surface area contributed by atoms with Crippen LogP contribution >= 0.6 is 0 Å². The van der Waals surface area contributed by atoms with E-state index in [1.54, 1.807) is 13.8 Å². The minimum Gasteiger partial charge on any atom is -0.377 e. The number of alkyl halides is 9. The molecule has 1 aromatic rings. The first kappa shape index (κ1) is 35.2. The molecule has 0 saturated carbocycles. The molecule has 0 bridgehead atoms. The number of hydrogen-bond donors (Lipinski definition) is 1. The highest BCUT2D eigenvalue weighted by atomic mass is 32.3. The summed E-state index contributed by atoms with van der Waals surface area (Å²) in [6.07, 6.45) is 0. The maximum Gasteiger partial charge on any atom is 0.512 e. The largest absolute Gasteiger partial charge is 0.512 e. The second-order valence-corrected chi connectivity index (χ2v) is 14.4. The molecule has 0 fully saturated rings. The van der Waals surface area contributed by atoms with Crippen molar-refractivity contribution in [2.75, 3.05) is 0 Å². The molecule has 1 aromatic carbocycles. The molecule has 39 heavy (non-hydrogen) atoms. The summed E-state index contributed by atoms with van der Waals surface area (Å²) in [6, 6.07) is 2.57. The van der Waals surface area contributed by atoms with Gasteiger partial charge in [0.15, 0.2) is 0 Å². The van der Waals surface area contributed by atoms with Gasteiger partial charge in [-0.05, 0) is 34.4 Å². The van der Waals surface area contributed by atoms with Gasteiger partial charge in [-0.25, -0.2) is 16.8 Å². The number of nitrogens with one attached hydrogen (secondary N) is 1. The van der Waals surface area contributed by atoms with Crippen LogP contribution in [-0.4, -0.2) is 47.2 Å². The molecule has 0 radical (unpaired) electrons. The van der Waals surface area contributed by atoms with Gasteiger partial charge in [0.2, 0.25) is 0 Å². The van der Waals surface area contributed by atoms with Crippen LogP contribution < -0.4 is 8.31 Å². The summed E-state index contributed by atoms with van der Waals surface area (Å²) in [6.45, 7) is 9.08. The molecule has 1 N–H and O–H groups in total. The number of halogens is 9. The molecule has 1 rings (SSSR count). The Morgan fingerprint density at radius 2 is 1.03 bits per heavy atom. The van der Waals surface area contributed by atoms with Gasteiger partial charge >= 0.3 is 42.1 Å². The molecular weight excluding hydrogens is 621 g/mol. The highest BCUT2D eigenvalue weighted by Crippen LogP contribution is 2.52. The van der Waals surface area contributed by atoms with E-state index < -0.39 is 73.8 Å². The first-order valence-electron chi connectivity index (χ1n) is 10.6. The lowest BCUT2D eigenvalue weighted by Crippen LogP contribution is -2.64. The van der Waals surface area contributed by atoms with E-state index in [1.807, 2.05) is 0 Å². The Morgan fingerprint density at radius 3 is 1.33 bits per heavy atom. The zero-order valence-electron chi connectivity index (χ0n) is 20.9. The zero-order chi connectivity index (χ0) is 31.4. The highest BCUT2D eigenvalue weighted by molar-refractivity contribution is 8.05. The van der Waals surface area contributed by atoms with Crippen LogP contribution in [-0.2, 0) is 30.2 Å². The summed E-state index contributed by atoms with van der Waals surface area (Å²) in [5.74, 6) is -10.2. The molecular formula is C19H24F9NO7S3. The molecule has 0 aliphatic carbocycles. The van der Waals surface area contributed by atoms with E-state index in [-0.39, 0.29) is 17.0 Å². The van der Waals surface area contributed by atoms with Crippen LogP contribution in [0.5, 0.6) is 5.75 Å². The number of rotatable bonds is 11. The number of benzene rings is 1. The van der Waals surface area contributed by atoms with Crippen LogP contribution in [0.1, 0.15) is 76.0 Å². The van der Waals surface area contributed by atoms with E-state index in [9.17, 15) is 64.8 Å². The minimum atomic E-state index is -7.87. The fraction of sp³-hybridized carbons (Fsp3) is 0.684. The summed E-state index contributed by atoms with van der Waals surface area (Å²) < 4.78 is 196. The second-order valence-electron chi connectivity index (χ2n) is 9.17. The van der Waals surface area contributed by atoms with Gasteiger partial charge in [-0.2, -0.15) is 47.9 Å². The normalized spacial score (nSPS) is 14.9. The average molecular weight is 646 g/mol. The molecule has 0 atom stereocenters. The van der Waals surface area contributed by atoms with E-state index in [0.29, 0.717) is 5.56 Å². The monoisotopic (exact) mass is 645 g/mol. The van der Waals surface area contributed by atoms with E-state index >= 15 is 0 Å². The third-order valence-electron chi connectivity index (χ3n) is 5.18. The van der Waals surface area contributed by atoms with Crippen molar-refractivity contribution < 1.29 is 69.0 Å². The Kier molecular flexibility index (Phi) is 9.53. The molecule has 228 valence electrons. The van der Waals surface area contributed by atoms with Crippen molar-refractivity contribution >= 4 is 30.2 Å². The van der Waals surface area contributed by atoms with Gasteiger partial charge in [0, 0.05) is 0 Å². The lowest BCUT2D eigenvalue weighted by molar-refractivity contribution is -0.245. The zero-order valence-corrected chi connectivity index (χ0v) is 23.3. The SMILES string of the molecule is CC(C)c1cc(C(C)C)c(OS(=O)(=O)C(F)(F)C(F)(F)C(F)(F)S(=O)(=O)NS(=O)(=O)C(F)(F)F)c(C(C)C)c1. The number of sulfonamides is 2. The molecule has 0 saturated heterocycles. The van der Waals surface area contributed by atoms with Crippen LogP contribution in [0.4, 0.5) is 39.5 Å². The molecule has 8 nitrogen and oxygen atoms in total. The maximum atomic E-state index is 14.6. The van der Waals surface area contributed by atoms with Crippen molar-refractivity contribution in [1.29, 1.82) is 0 Å². The van der Waals surface area contributed by atoms with Gasteiger partial charge in [-0.3, -0.25) is 0 Å². The third kappa shape index (κ3) is 6.27. The quantitative estimate of drug-likeness (QED) is 0.254. The molecule has 0 aliphatic heterocycles. The highest BCUT2D eigenvalue weighted by Gasteiger charge is 2.83. The molecule has 0 unspecified atom stereocenters. The van der Waals surface area contributed by atoms with Gasteiger partial charge in [-0.15, -0.1) is 0 Å². The van der Waals surface area contributed by atoms with E-state index in [0.717, 1.165) is 0 Å². The van der Waals surface area contributed by atoms with Gasteiger partial charge < -0.3 is 4.18 Å². The smallest absolute Gasteiger partial charge is 0.377 e. The molecule has 0 amide bonds. The average Bonchev–Trinajstić information content (AvgIpc) is 2.70. The van der Waals surface area contributed by atoms with Gasteiger partial charge in [0.1, 0.15) is 5.75 Å². The van der Waals surface area contributed by atoms with Crippen molar-refractivity contribution in [3.63, 3.8) is 0 Å². The lowest BCUT2D eigenvalue weighted by atomic mass is 9.88. The van der Waals surface area contributed by atoms with Crippen molar-refractivity contribution in [2.24, 2.45) is 0 Å². The Balaban J connectivity index is 3.80. The van der Waals surface area contributed by atoms with Gasteiger partial charge in [0.25, 0.3) is 10.0 Å². The Labute approximate surface area is 219 Å². The second kappa shape index (κ2) is 10.6. The van der Waals surface area contributed by atoms with Crippen molar-refractivity contribution in [3.8, 4) is 5.75 Å². The van der Waals surface area contributed by atoms with Crippen LogP contribution in [0.3, 0.4) is 0 Å². The summed E-state index contributed by atoms with van der Waals surface area (Å²) in [5, 5.41) is -14.6. The fourth-order valence-electron chi connectivity index (χ4n) is 2.89. The van der Waals surface area contributed by atoms with E-state index in [1.165, 1.54) is 39.8 Å². The third-order valence-corrected chi connectivity index (χ3v) is 9.75. The van der Waals surface area contributed by atoms with Crippen molar-refractivity contribution in [3.05, 3.63) is 28.8 Å². The minimum absolute atomic E-state index is 0.134. The molecule has 20 heteroatoms. The maximum absolute atomic E-state index is 14.6. The Bertz CT molecular complexity index is 1370. The Hall–Kier alpha value is -1.80. The van der Waals surface area contributed by atoms with Crippen LogP contribution in [0.15, 0.2) is 12.1 Å². The predicted octanol–water partition coefficient (Wildman–Crippen LogP) is 5.36. The van der Waals surface area contributed by atoms with Crippen LogP contribution in [0, 0.1) is 0 Å². The van der Waals surface area contributed by atoms with Crippen LogP contribution in [0.2, 0.25) is 0 Å². The first-order valence-corrected chi connectivity index (χ1v) is 15.0. The van der Waals surface area contributed by atoms with Gasteiger partial charge in [-0.1, -0.05) is 57.8 Å². The predicted molar refractivity (Wildman–Crippen MR) is 120 cm³/mol. The number of hydrogen-bond acceptors (Lipinski definition) is 7. The topological polar surface area (TPSA) is 124 Å². The fourth-order valence-corrected chi connectivity index (χ4v) is 6.33. The van der Waals surface area contributed by atoms with Crippen molar-refractivity contribution in [2.45, 2.75) is 81.2 Å². The lowest BCUT2D eigenvalue weighted by Gasteiger charge is -2.32. The Morgan fingerprint density at radius 1 is 0.641 bits per heavy atom. The van der Waals surface area contributed by atoms with E-state index in [2.05, 4.69) is 4.18 Å². The van der Waals surface area contributed by atoms with Crippen LogP contribution in [0.25, 0.3) is 0 Å². The summed E-state index contributed by atoms with van der Waals surface area (Å²) in [5.41, 5.74) is -6.40. The first-order chi connectivity index (χ1) is 17.0.